The highest BCUT2D eigenvalue weighted by Gasteiger charge is 2.25. The fourth-order valence-electron chi connectivity index (χ4n) is 2.34. The number of carbonyl (C=O) groups excluding carboxylic acids is 2. The third-order valence-electron chi connectivity index (χ3n) is 3.56. The second-order valence-corrected chi connectivity index (χ2v) is 6.15. The molecule has 1 unspecified atom stereocenters. The molecule has 120 valence electrons. The summed E-state index contributed by atoms with van der Waals surface area (Å²) < 4.78 is 0. The number of nitrogens with zero attached hydrogens (tertiary/aromatic N) is 2. The van der Waals surface area contributed by atoms with E-state index >= 15 is 0 Å². The number of likely N-dealkylation sites (tertiary alicyclic amines) is 1. The van der Waals surface area contributed by atoms with E-state index in [1.54, 1.807) is 18.4 Å². The minimum absolute atomic E-state index is 0.0760. The van der Waals surface area contributed by atoms with Crippen molar-refractivity contribution < 1.29 is 9.59 Å². The van der Waals surface area contributed by atoms with Crippen LogP contribution in [-0.4, -0.2) is 42.8 Å². The normalized spacial score (nSPS) is 17.5. The molecule has 1 aromatic heterocycles. The van der Waals surface area contributed by atoms with Crippen LogP contribution in [0, 0.1) is 0 Å². The van der Waals surface area contributed by atoms with Gasteiger partial charge in [-0.1, -0.05) is 6.07 Å². The Hall–Kier alpha value is -1.89. The molecule has 0 spiro atoms. The zero-order chi connectivity index (χ0) is 15.9. The van der Waals surface area contributed by atoms with E-state index in [9.17, 15) is 9.59 Å². The van der Waals surface area contributed by atoms with Gasteiger partial charge in [-0.05, 0) is 24.8 Å². The highest BCUT2D eigenvalue weighted by molar-refractivity contribution is 7.10. The molecular formula is C15H22N4O2S. The van der Waals surface area contributed by atoms with Crippen LogP contribution < -0.4 is 10.6 Å². The molecule has 0 bridgehead atoms. The molecule has 2 rings (SSSR count). The van der Waals surface area contributed by atoms with E-state index in [1.807, 2.05) is 11.4 Å². The molecular weight excluding hydrogens is 300 g/mol. The van der Waals surface area contributed by atoms with E-state index in [4.69, 9.17) is 0 Å². The molecule has 1 aromatic rings. The van der Waals surface area contributed by atoms with E-state index in [-0.39, 0.29) is 17.9 Å². The number of imide groups is 1. The summed E-state index contributed by atoms with van der Waals surface area (Å²) in [4.78, 5) is 30.2. The first-order valence-corrected chi connectivity index (χ1v) is 8.33. The Morgan fingerprint density at radius 3 is 2.73 bits per heavy atom. The van der Waals surface area contributed by atoms with Gasteiger partial charge in [-0.15, -0.1) is 11.3 Å². The van der Waals surface area contributed by atoms with Gasteiger partial charge in [0.2, 0.25) is 11.8 Å². The third kappa shape index (κ3) is 4.30. The summed E-state index contributed by atoms with van der Waals surface area (Å²) in [5.41, 5.74) is 0. The topological polar surface area (TPSA) is 73.8 Å². The molecule has 0 aromatic carbocycles. The van der Waals surface area contributed by atoms with Gasteiger partial charge < -0.3 is 10.6 Å². The number of rotatable bonds is 5. The maximum atomic E-state index is 11.7. The lowest BCUT2D eigenvalue weighted by molar-refractivity contribution is -0.147. The number of piperidine rings is 1. The van der Waals surface area contributed by atoms with Crippen LogP contribution in [0.15, 0.2) is 22.5 Å². The summed E-state index contributed by atoms with van der Waals surface area (Å²) in [6, 6.07) is 4.24. The Morgan fingerprint density at radius 1 is 1.41 bits per heavy atom. The lowest BCUT2D eigenvalue weighted by Gasteiger charge is -2.25. The van der Waals surface area contributed by atoms with E-state index in [2.05, 4.69) is 28.6 Å². The largest absolute Gasteiger partial charge is 0.355 e. The van der Waals surface area contributed by atoms with Crippen molar-refractivity contribution >= 4 is 29.1 Å². The van der Waals surface area contributed by atoms with Gasteiger partial charge in [-0.3, -0.25) is 19.5 Å². The fourth-order valence-corrected chi connectivity index (χ4v) is 3.08. The Kier molecular flexibility index (Phi) is 5.94. The van der Waals surface area contributed by atoms with Crippen LogP contribution in [0.1, 0.15) is 37.1 Å². The Labute approximate surface area is 134 Å². The molecule has 22 heavy (non-hydrogen) atoms. The van der Waals surface area contributed by atoms with Gasteiger partial charge in [-0.2, -0.15) is 0 Å². The highest BCUT2D eigenvalue weighted by Crippen LogP contribution is 2.17. The van der Waals surface area contributed by atoms with Gasteiger partial charge >= 0.3 is 0 Å². The summed E-state index contributed by atoms with van der Waals surface area (Å²) in [6.07, 6.45) is 1.60. The summed E-state index contributed by atoms with van der Waals surface area (Å²) >= 11 is 1.69. The second kappa shape index (κ2) is 7.93. The highest BCUT2D eigenvalue weighted by atomic mass is 32.1. The van der Waals surface area contributed by atoms with Crippen molar-refractivity contribution in [2.75, 3.05) is 20.1 Å². The van der Waals surface area contributed by atoms with Crippen LogP contribution in [-0.2, 0) is 9.59 Å². The summed E-state index contributed by atoms with van der Waals surface area (Å²) in [7, 11) is 1.70. The standard InChI is InChI=1S/C15H22N4O2S/c1-11(12-5-4-10-22-12)18-15(16-2)17-8-9-19-13(20)6-3-7-14(19)21/h4-5,10-11H,3,6-9H2,1-2H3,(H2,16,17,18). The minimum Gasteiger partial charge on any atom is -0.355 e. The van der Waals surface area contributed by atoms with Crippen LogP contribution in [0.2, 0.25) is 0 Å². The molecule has 2 N–H and O–H groups in total. The lowest BCUT2D eigenvalue weighted by atomic mass is 10.1. The fraction of sp³-hybridized carbons (Fsp3) is 0.533. The average molecular weight is 322 g/mol. The van der Waals surface area contributed by atoms with Crippen molar-refractivity contribution in [1.29, 1.82) is 0 Å². The molecule has 2 amide bonds. The van der Waals surface area contributed by atoms with Crippen LogP contribution in [0.5, 0.6) is 0 Å². The van der Waals surface area contributed by atoms with Gasteiger partial charge in [0.15, 0.2) is 5.96 Å². The van der Waals surface area contributed by atoms with E-state index in [0.29, 0.717) is 38.3 Å². The third-order valence-corrected chi connectivity index (χ3v) is 4.61. The first-order chi connectivity index (χ1) is 10.6. The van der Waals surface area contributed by atoms with Crippen LogP contribution in [0.25, 0.3) is 0 Å². The number of amides is 2. The number of guanidine groups is 1. The van der Waals surface area contributed by atoms with Crippen molar-refractivity contribution in [2.45, 2.75) is 32.2 Å². The van der Waals surface area contributed by atoms with Crippen molar-refractivity contribution in [3.8, 4) is 0 Å². The van der Waals surface area contributed by atoms with Gasteiger partial charge in [0, 0.05) is 37.9 Å². The molecule has 0 aliphatic carbocycles. The zero-order valence-electron chi connectivity index (χ0n) is 13.0. The quantitative estimate of drug-likeness (QED) is 0.490. The Balaban J connectivity index is 1.79. The lowest BCUT2D eigenvalue weighted by Crippen LogP contribution is -2.46. The molecule has 2 heterocycles. The molecule has 1 aliphatic heterocycles. The van der Waals surface area contributed by atoms with Gasteiger partial charge in [0.25, 0.3) is 0 Å². The molecule has 0 saturated carbocycles. The maximum Gasteiger partial charge on any atom is 0.229 e. The van der Waals surface area contributed by atoms with Gasteiger partial charge in [0.05, 0.1) is 6.04 Å². The van der Waals surface area contributed by atoms with Crippen molar-refractivity contribution in [2.24, 2.45) is 4.99 Å². The summed E-state index contributed by atoms with van der Waals surface area (Å²) in [5.74, 6) is 0.513. The monoisotopic (exact) mass is 322 g/mol. The Morgan fingerprint density at radius 2 is 2.14 bits per heavy atom. The SMILES string of the molecule is CN=C(NCCN1C(=O)CCCC1=O)NC(C)c1cccs1. The molecule has 1 saturated heterocycles. The number of nitrogens with one attached hydrogen (secondary N) is 2. The summed E-state index contributed by atoms with van der Waals surface area (Å²) in [6.45, 7) is 2.94. The minimum atomic E-state index is -0.0760. The van der Waals surface area contributed by atoms with Crippen LogP contribution >= 0.6 is 11.3 Å². The van der Waals surface area contributed by atoms with E-state index in [0.717, 1.165) is 0 Å². The first kappa shape index (κ1) is 16.5. The molecule has 1 aliphatic rings. The zero-order valence-corrected chi connectivity index (χ0v) is 13.8. The molecule has 1 fully saturated rings. The van der Waals surface area contributed by atoms with Crippen molar-refractivity contribution in [3.05, 3.63) is 22.4 Å². The van der Waals surface area contributed by atoms with Crippen molar-refractivity contribution in [1.82, 2.24) is 15.5 Å². The number of hydrogen-bond donors (Lipinski definition) is 2. The predicted octanol–water partition coefficient (Wildman–Crippen LogP) is 1.51. The van der Waals surface area contributed by atoms with Crippen molar-refractivity contribution in [3.63, 3.8) is 0 Å². The van der Waals surface area contributed by atoms with E-state index < -0.39 is 0 Å². The number of carbonyl (C=O) groups is 2. The van der Waals surface area contributed by atoms with E-state index in [1.165, 1.54) is 9.78 Å². The molecule has 0 radical (unpaired) electrons. The molecule has 1 atom stereocenters. The van der Waals surface area contributed by atoms with Crippen LogP contribution in [0.4, 0.5) is 0 Å². The van der Waals surface area contributed by atoms with Gasteiger partial charge in [-0.25, -0.2) is 0 Å². The second-order valence-electron chi connectivity index (χ2n) is 5.17. The first-order valence-electron chi connectivity index (χ1n) is 7.45. The molecule has 6 nitrogen and oxygen atoms in total. The summed E-state index contributed by atoms with van der Waals surface area (Å²) in [5, 5.41) is 8.48. The number of hydrogen-bond acceptors (Lipinski definition) is 4. The number of aliphatic imine (C=N–C) groups is 1. The Bertz CT molecular complexity index is 526. The smallest absolute Gasteiger partial charge is 0.229 e. The molecule has 7 heteroatoms. The average Bonchev–Trinajstić information content (AvgIpc) is 3.03. The predicted molar refractivity (Wildman–Crippen MR) is 87.8 cm³/mol. The number of thiophene rings is 1. The van der Waals surface area contributed by atoms with Crippen LogP contribution in [0.3, 0.4) is 0 Å². The maximum absolute atomic E-state index is 11.7. The van der Waals surface area contributed by atoms with Gasteiger partial charge in [0.1, 0.15) is 0 Å².